The minimum absolute atomic E-state index is 0.0757. The Hall–Kier alpha value is -1.00. The Morgan fingerprint density at radius 3 is 2.84 bits per heavy atom. The van der Waals surface area contributed by atoms with Crippen LogP contribution in [0.3, 0.4) is 0 Å². The lowest BCUT2D eigenvalue weighted by Crippen LogP contribution is -2.43. The molecule has 0 saturated carbocycles. The lowest BCUT2D eigenvalue weighted by Gasteiger charge is -2.20. The summed E-state index contributed by atoms with van der Waals surface area (Å²) >= 11 is 0.822. The number of hydrogen-bond acceptors (Lipinski definition) is 6. The Bertz CT molecular complexity index is 573. The quantitative estimate of drug-likeness (QED) is 0.699. The van der Waals surface area contributed by atoms with E-state index in [0.717, 1.165) is 17.4 Å². The molecular weight excluding hydrogens is 294 g/mol. The number of ether oxygens (including phenoxy) is 1. The van der Waals surface area contributed by atoms with E-state index in [-0.39, 0.29) is 22.9 Å². The molecule has 0 bridgehead atoms. The van der Waals surface area contributed by atoms with Crippen LogP contribution >= 0.6 is 11.3 Å². The number of nitrogens with one attached hydrogen (secondary N) is 1. The molecule has 2 rings (SSSR count). The number of aliphatic hydroxyl groups is 1. The first kappa shape index (κ1) is 14.4. The van der Waals surface area contributed by atoms with E-state index in [1.54, 1.807) is 0 Å². The Labute approximate surface area is 113 Å². The molecule has 9 heteroatoms. The van der Waals surface area contributed by atoms with Gasteiger partial charge in [0.05, 0.1) is 12.2 Å². The third-order valence-electron chi connectivity index (χ3n) is 2.76. The molecule has 1 aliphatic heterocycles. The van der Waals surface area contributed by atoms with E-state index in [0.29, 0.717) is 13.0 Å². The van der Waals surface area contributed by atoms with Crippen molar-refractivity contribution in [1.29, 1.82) is 0 Å². The van der Waals surface area contributed by atoms with Gasteiger partial charge in [-0.2, -0.15) is 0 Å². The number of carboxylic acid groups (broad SMARTS) is 1. The van der Waals surface area contributed by atoms with Gasteiger partial charge in [-0.25, -0.2) is 17.9 Å². The molecule has 0 radical (unpaired) electrons. The number of thiophene rings is 1. The van der Waals surface area contributed by atoms with E-state index < -0.39 is 21.6 Å². The fourth-order valence-electron chi connectivity index (χ4n) is 1.61. The van der Waals surface area contributed by atoms with Crippen LogP contribution in [0.25, 0.3) is 0 Å². The van der Waals surface area contributed by atoms with Crippen LogP contribution in [0, 0.1) is 0 Å². The van der Waals surface area contributed by atoms with Crippen LogP contribution < -0.4 is 4.72 Å². The summed E-state index contributed by atoms with van der Waals surface area (Å²) in [5, 5.41) is 19.9. The molecule has 0 aromatic carbocycles. The Kier molecular flexibility index (Phi) is 3.92. The highest BCUT2D eigenvalue weighted by Gasteiger charge is 2.34. The predicted molar refractivity (Wildman–Crippen MR) is 66.9 cm³/mol. The minimum atomic E-state index is -3.81. The van der Waals surface area contributed by atoms with Crippen LogP contribution in [0.5, 0.6) is 0 Å². The second-order valence-corrected chi connectivity index (χ2v) is 7.22. The molecule has 1 saturated heterocycles. The van der Waals surface area contributed by atoms with E-state index in [2.05, 4.69) is 4.72 Å². The number of carbonyl (C=O) groups is 1. The predicted octanol–water partition coefficient (Wildman–Crippen LogP) is -0.124. The first-order valence-corrected chi connectivity index (χ1v) is 7.80. The molecule has 0 amide bonds. The van der Waals surface area contributed by atoms with Crippen molar-refractivity contribution in [2.75, 3.05) is 19.8 Å². The van der Waals surface area contributed by atoms with Crippen molar-refractivity contribution in [1.82, 2.24) is 4.72 Å². The summed E-state index contributed by atoms with van der Waals surface area (Å²) < 4.78 is 31.0. The highest BCUT2D eigenvalue weighted by atomic mass is 32.2. The number of hydrogen-bond donors (Lipinski definition) is 3. The molecule has 1 aromatic rings. The zero-order valence-corrected chi connectivity index (χ0v) is 11.5. The molecular formula is C10H13NO6S2. The maximum atomic E-state index is 11.9. The average Bonchev–Trinajstić information content (AvgIpc) is 2.96. The molecule has 1 unspecified atom stereocenters. The Balaban J connectivity index is 2.07. The van der Waals surface area contributed by atoms with Crippen molar-refractivity contribution < 1.29 is 28.2 Å². The summed E-state index contributed by atoms with van der Waals surface area (Å²) in [6.07, 6.45) is 0.361. The summed E-state index contributed by atoms with van der Waals surface area (Å²) in [5.74, 6) is -1.18. The van der Waals surface area contributed by atoms with Crippen molar-refractivity contribution >= 4 is 27.3 Å². The highest BCUT2D eigenvalue weighted by Crippen LogP contribution is 2.22. The average molecular weight is 307 g/mol. The maximum absolute atomic E-state index is 11.9. The van der Waals surface area contributed by atoms with Gasteiger partial charge in [-0.3, -0.25) is 0 Å². The molecule has 19 heavy (non-hydrogen) atoms. The molecule has 1 fully saturated rings. The van der Waals surface area contributed by atoms with E-state index in [1.165, 1.54) is 5.38 Å². The molecule has 1 atom stereocenters. The van der Waals surface area contributed by atoms with Crippen LogP contribution in [0.1, 0.15) is 16.8 Å². The molecule has 1 aromatic heterocycles. The van der Waals surface area contributed by atoms with E-state index >= 15 is 0 Å². The van der Waals surface area contributed by atoms with E-state index in [9.17, 15) is 18.3 Å². The molecule has 1 aliphatic rings. The highest BCUT2D eigenvalue weighted by molar-refractivity contribution is 7.91. The minimum Gasteiger partial charge on any atom is -0.478 e. The van der Waals surface area contributed by atoms with Gasteiger partial charge in [0.2, 0.25) is 10.0 Å². The lowest BCUT2D eigenvalue weighted by molar-refractivity contribution is 0.0314. The summed E-state index contributed by atoms with van der Waals surface area (Å²) in [6.45, 7) is 0.316. The van der Waals surface area contributed by atoms with Crippen molar-refractivity contribution in [2.24, 2.45) is 0 Å². The van der Waals surface area contributed by atoms with Crippen molar-refractivity contribution in [3.8, 4) is 0 Å². The zero-order chi connectivity index (χ0) is 14.1. The molecule has 0 aliphatic carbocycles. The Morgan fingerprint density at radius 2 is 2.32 bits per heavy atom. The number of aromatic carboxylic acids is 1. The van der Waals surface area contributed by atoms with Gasteiger partial charge < -0.3 is 14.9 Å². The van der Waals surface area contributed by atoms with Gasteiger partial charge in [0.25, 0.3) is 0 Å². The van der Waals surface area contributed by atoms with Crippen molar-refractivity contribution in [2.45, 2.75) is 16.2 Å². The number of sulfonamides is 1. The smallest absolute Gasteiger partial charge is 0.336 e. The third-order valence-corrected chi connectivity index (χ3v) is 5.60. The normalized spacial score (nSPS) is 23.6. The summed E-state index contributed by atoms with van der Waals surface area (Å²) in [6, 6.07) is 1.09. The monoisotopic (exact) mass is 307 g/mol. The van der Waals surface area contributed by atoms with Gasteiger partial charge in [-0.05, 0) is 6.07 Å². The van der Waals surface area contributed by atoms with Gasteiger partial charge in [0.15, 0.2) is 0 Å². The van der Waals surface area contributed by atoms with Crippen LogP contribution in [0.15, 0.2) is 15.7 Å². The molecule has 0 spiro atoms. The zero-order valence-electron chi connectivity index (χ0n) is 9.83. The second-order valence-electron chi connectivity index (χ2n) is 4.31. The number of carboxylic acids is 1. The summed E-state index contributed by atoms with van der Waals surface area (Å²) in [7, 11) is -3.81. The van der Waals surface area contributed by atoms with Gasteiger partial charge in [-0.15, -0.1) is 11.3 Å². The van der Waals surface area contributed by atoms with Gasteiger partial charge in [0, 0.05) is 25.0 Å². The van der Waals surface area contributed by atoms with Crippen LogP contribution in [0.4, 0.5) is 0 Å². The fourth-order valence-corrected chi connectivity index (χ4v) is 3.92. The lowest BCUT2D eigenvalue weighted by atomic mass is 10.1. The fraction of sp³-hybridized carbons (Fsp3) is 0.500. The van der Waals surface area contributed by atoms with E-state index in [4.69, 9.17) is 9.84 Å². The first-order valence-electron chi connectivity index (χ1n) is 5.44. The molecule has 106 valence electrons. The largest absolute Gasteiger partial charge is 0.478 e. The topological polar surface area (TPSA) is 113 Å². The van der Waals surface area contributed by atoms with Crippen LogP contribution in [-0.2, 0) is 14.8 Å². The standard InChI is InChI=1S/C10H13NO6S2/c12-9(13)7-3-8(18-4-7)19(15,16)11-5-10(14)1-2-17-6-10/h3-4,11,14H,1-2,5-6H2,(H,12,13). The summed E-state index contributed by atoms with van der Waals surface area (Å²) in [5.41, 5.74) is -1.27. The van der Waals surface area contributed by atoms with Crippen LogP contribution in [-0.4, -0.2) is 50.0 Å². The third kappa shape index (κ3) is 3.31. The van der Waals surface area contributed by atoms with Crippen molar-refractivity contribution in [3.63, 3.8) is 0 Å². The van der Waals surface area contributed by atoms with Gasteiger partial charge >= 0.3 is 5.97 Å². The molecule has 7 nitrogen and oxygen atoms in total. The number of rotatable bonds is 5. The van der Waals surface area contributed by atoms with Gasteiger partial charge in [0.1, 0.15) is 9.81 Å². The molecule has 2 heterocycles. The maximum Gasteiger partial charge on any atom is 0.336 e. The molecule has 3 N–H and O–H groups in total. The first-order chi connectivity index (χ1) is 8.82. The second kappa shape index (κ2) is 5.17. The van der Waals surface area contributed by atoms with E-state index in [1.807, 2.05) is 0 Å². The van der Waals surface area contributed by atoms with Crippen LogP contribution in [0.2, 0.25) is 0 Å². The SMILES string of the molecule is O=C(O)c1csc(S(=O)(=O)NCC2(O)CCOC2)c1. The van der Waals surface area contributed by atoms with Gasteiger partial charge in [-0.1, -0.05) is 0 Å². The summed E-state index contributed by atoms with van der Waals surface area (Å²) in [4.78, 5) is 10.7. The van der Waals surface area contributed by atoms with Crippen molar-refractivity contribution in [3.05, 3.63) is 17.0 Å². The Morgan fingerprint density at radius 1 is 1.58 bits per heavy atom.